The lowest BCUT2D eigenvalue weighted by molar-refractivity contribution is -0.150. The quantitative estimate of drug-likeness (QED) is 0.804. The normalized spacial score (nSPS) is 29.1. The molecular formula is C22H34N2O3. The number of hydrogen-bond donors (Lipinski definition) is 2. The van der Waals surface area contributed by atoms with Gasteiger partial charge in [-0.25, -0.2) is 0 Å². The van der Waals surface area contributed by atoms with Crippen LogP contribution >= 0.6 is 0 Å². The van der Waals surface area contributed by atoms with Gasteiger partial charge in [0.05, 0.1) is 18.8 Å². The molecular weight excluding hydrogens is 340 g/mol. The number of carbonyl (C=O) groups is 1. The minimum atomic E-state index is -1.34. The van der Waals surface area contributed by atoms with Gasteiger partial charge in [0.25, 0.3) is 5.91 Å². The smallest absolute Gasteiger partial charge is 0.254 e. The molecule has 2 atom stereocenters. The predicted molar refractivity (Wildman–Crippen MR) is 107 cm³/mol. The summed E-state index contributed by atoms with van der Waals surface area (Å²) in [4.78, 5) is 14.4. The second-order valence-electron chi connectivity index (χ2n) is 8.53. The van der Waals surface area contributed by atoms with Gasteiger partial charge in [0.2, 0.25) is 0 Å². The molecule has 1 aromatic carbocycles. The number of likely N-dealkylation sites (tertiary alicyclic amines) is 1. The molecule has 2 unspecified atom stereocenters. The molecule has 0 aromatic heterocycles. The molecule has 1 saturated heterocycles. The number of benzene rings is 1. The van der Waals surface area contributed by atoms with Gasteiger partial charge in [-0.2, -0.15) is 0 Å². The summed E-state index contributed by atoms with van der Waals surface area (Å²) in [6.07, 6.45) is 5.60. The van der Waals surface area contributed by atoms with E-state index in [4.69, 9.17) is 4.74 Å². The largest absolute Gasteiger partial charge is 0.381 e. The second kappa shape index (κ2) is 8.72. The highest BCUT2D eigenvalue weighted by Gasteiger charge is 2.41. The number of ether oxygens (including phenoxy) is 1. The Morgan fingerprint density at radius 2 is 1.85 bits per heavy atom. The third kappa shape index (κ3) is 4.89. The average Bonchev–Trinajstić information content (AvgIpc) is 3.08. The van der Waals surface area contributed by atoms with Crippen molar-refractivity contribution in [2.24, 2.45) is 0 Å². The van der Waals surface area contributed by atoms with Crippen molar-refractivity contribution in [2.75, 3.05) is 20.2 Å². The molecule has 1 aromatic rings. The van der Waals surface area contributed by atoms with Crippen molar-refractivity contribution < 1.29 is 14.6 Å². The Hall–Kier alpha value is -1.43. The lowest BCUT2D eigenvalue weighted by atomic mass is 9.83. The molecule has 27 heavy (non-hydrogen) atoms. The Bertz CT molecular complexity index is 606. The van der Waals surface area contributed by atoms with E-state index in [-0.39, 0.29) is 24.1 Å². The van der Waals surface area contributed by atoms with Gasteiger partial charge in [0.1, 0.15) is 5.60 Å². The zero-order valence-corrected chi connectivity index (χ0v) is 16.9. The molecule has 1 saturated carbocycles. The van der Waals surface area contributed by atoms with Crippen molar-refractivity contribution in [3.8, 4) is 0 Å². The summed E-state index contributed by atoms with van der Waals surface area (Å²) in [5, 5.41) is 13.4. The molecule has 1 aliphatic carbocycles. The molecule has 3 rings (SSSR count). The van der Waals surface area contributed by atoms with Crippen LogP contribution in [0.1, 0.15) is 57.4 Å². The molecule has 5 heteroatoms. The van der Waals surface area contributed by atoms with Gasteiger partial charge < -0.3 is 20.1 Å². The van der Waals surface area contributed by atoms with Crippen LogP contribution in [-0.2, 0) is 9.53 Å². The third-order valence-corrected chi connectivity index (χ3v) is 6.15. The Morgan fingerprint density at radius 3 is 2.44 bits per heavy atom. The summed E-state index contributed by atoms with van der Waals surface area (Å²) >= 11 is 0. The monoisotopic (exact) mass is 374 g/mol. The molecule has 2 fully saturated rings. The minimum absolute atomic E-state index is 0.0132. The summed E-state index contributed by atoms with van der Waals surface area (Å²) < 4.78 is 6.26. The molecule has 5 nitrogen and oxygen atoms in total. The number of aliphatic hydroxyl groups is 1. The van der Waals surface area contributed by atoms with Gasteiger partial charge in [-0.3, -0.25) is 4.79 Å². The highest BCUT2D eigenvalue weighted by Crippen LogP contribution is 2.34. The number of hydrogen-bond acceptors (Lipinski definition) is 4. The van der Waals surface area contributed by atoms with Gasteiger partial charge in [-0.15, -0.1) is 0 Å². The lowest BCUT2D eigenvalue weighted by Gasteiger charge is -2.34. The first-order valence-corrected chi connectivity index (χ1v) is 10.3. The van der Waals surface area contributed by atoms with Crippen LogP contribution in [0.15, 0.2) is 30.3 Å². The van der Waals surface area contributed by atoms with Crippen molar-refractivity contribution in [1.82, 2.24) is 10.2 Å². The maximum atomic E-state index is 12.6. The topological polar surface area (TPSA) is 61.8 Å². The van der Waals surface area contributed by atoms with Crippen molar-refractivity contribution in [3.05, 3.63) is 35.9 Å². The maximum absolute atomic E-state index is 12.6. The fraction of sp³-hybridized carbons (Fsp3) is 0.682. The lowest BCUT2D eigenvalue weighted by Crippen LogP contribution is -2.52. The number of nitrogens with one attached hydrogen (secondary N) is 1. The van der Waals surface area contributed by atoms with E-state index in [9.17, 15) is 9.90 Å². The van der Waals surface area contributed by atoms with Crippen LogP contribution < -0.4 is 5.32 Å². The van der Waals surface area contributed by atoms with Gasteiger partial charge in [0.15, 0.2) is 0 Å². The molecule has 1 amide bonds. The molecule has 2 N–H and O–H groups in total. The zero-order chi connectivity index (χ0) is 19.4. The minimum Gasteiger partial charge on any atom is -0.381 e. The van der Waals surface area contributed by atoms with Gasteiger partial charge in [-0.1, -0.05) is 30.3 Å². The first-order valence-electron chi connectivity index (χ1n) is 10.3. The Morgan fingerprint density at radius 1 is 1.19 bits per heavy atom. The van der Waals surface area contributed by atoms with Crippen molar-refractivity contribution in [2.45, 2.75) is 75.7 Å². The number of rotatable bonds is 6. The number of likely N-dealkylation sites (N-methyl/N-ethyl adjacent to an activating group) is 1. The van der Waals surface area contributed by atoms with Crippen LogP contribution in [0, 0.1) is 0 Å². The second-order valence-corrected chi connectivity index (χ2v) is 8.53. The van der Waals surface area contributed by atoms with Crippen LogP contribution in [0.2, 0.25) is 0 Å². The van der Waals surface area contributed by atoms with Gasteiger partial charge in [0, 0.05) is 12.6 Å². The number of carbonyl (C=O) groups excluding carboxylic acids is 1. The first kappa shape index (κ1) is 20.3. The van der Waals surface area contributed by atoms with E-state index < -0.39 is 5.60 Å². The van der Waals surface area contributed by atoms with E-state index in [1.165, 1.54) is 5.56 Å². The van der Waals surface area contributed by atoms with Crippen LogP contribution in [0.4, 0.5) is 0 Å². The summed E-state index contributed by atoms with van der Waals surface area (Å²) in [7, 11) is 1.93. The average molecular weight is 375 g/mol. The Balaban J connectivity index is 1.53. The van der Waals surface area contributed by atoms with E-state index in [1.807, 2.05) is 7.05 Å². The molecule has 0 bridgehead atoms. The van der Waals surface area contributed by atoms with Gasteiger partial charge in [-0.05, 0) is 64.5 Å². The summed E-state index contributed by atoms with van der Waals surface area (Å²) in [6.45, 7) is 4.33. The van der Waals surface area contributed by atoms with Crippen LogP contribution in [0.25, 0.3) is 0 Å². The number of amides is 1. The highest BCUT2D eigenvalue weighted by atomic mass is 16.5. The fourth-order valence-electron chi connectivity index (χ4n) is 4.52. The van der Waals surface area contributed by atoms with E-state index in [0.29, 0.717) is 19.1 Å². The van der Waals surface area contributed by atoms with Crippen molar-refractivity contribution in [1.29, 1.82) is 0 Å². The SMILES string of the molecule is CNC1CCN(C(=O)C(C)(C)O)C1COC1CCC(c2ccccc2)CC1. The Labute approximate surface area is 163 Å². The van der Waals surface area contributed by atoms with E-state index in [2.05, 4.69) is 35.6 Å². The zero-order valence-electron chi connectivity index (χ0n) is 16.9. The highest BCUT2D eigenvalue weighted by molar-refractivity contribution is 5.84. The fourth-order valence-corrected chi connectivity index (χ4v) is 4.52. The predicted octanol–water partition coefficient (Wildman–Crippen LogP) is 2.69. The molecule has 1 heterocycles. The van der Waals surface area contributed by atoms with E-state index >= 15 is 0 Å². The molecule has 0 radical (unpaired) electrons. The Kier molecular flexibility index (Phi) is 6.56. The first-order chi connectivity index (χ1) is 12.9. The molecule has 0 spiro atoms. The summed E-state index contributed by atoms with van der Waals surface area (Å²) in [5.41, 5.74) is 0.0955. The number of nitrogens with zero attached hydrogens (tertiary/aromatic N) is 1. The standard InChI is InChI=1S/C22H34N2O3/c1-22(2,26)21(25)24-14-13-19(23-3)20(24)15-27-18-11-9-17(10-12-18)16-7-5-4-6-8-16/h4-8,17-20,23,26H,9-15H2,1-3H3. The van der Waals surface area contributed by atoms with Crippen molar-refractivity contribution in [3.63, 3.8) is 0 Å². The van der Waals surface area contributed by atoms with E-state index in [0.717, 1.165) is 32.1 Å². The van der Waals surface area contributed by atoms with E-state index in [1.54, 1.807) is 18.7 Å². The maximum Gasteiger partial charge on any atom is 0.254 e. The van der Waals surface area contributed by atoms with Gasteiger partial charge >= 0.3 is 0 Å². The van der Waals surface area contributed by atoms with Crippen LogP contribution in [0.3, 0.4) is 0 Å². The molecule has 1 aliphatic heterocycles. The van der Waals surface area contributed by atoms with Crippen LogP contribution in [0.5, 0.6) is 0 Å². The molecule has 2 aliphatic rings. The van der Waals surface area contributed by atoms with Crippen LogP contribution in [-0.4, -0.2) is 59.9 Å². The molecule has 150 valence electrons. The summed E-state index contributed by atoms with van der Waals surface area (Å²) in [6, 6.07) is 11.0. The van der Waals surface area contributed by atoms with Crippen molar-refractivity contribution >= 4 is 5.91 Å². The summed E-state index contributed by atoms with van der Waals surface area (Å²) in [5.74, 6) is 0.428. The third-order valence-electron chi connectivity index (χ3n) is 6.15.